The minimum absolute atomic E-state index is 0.0571. The molecule has 21 heavy (non-hydrogen) atoms. The van der Waals surface area contributed by atoms with Crippen LogP contribution in [0.1, 0.15) is 30.9 Å². The van der Waals surface area contributed by atoms with Gasteiger partial charge in [0.05, 0.1) is 11.9 Å². The van der Waals surface area contributed by atoms with E-state index in [0.29, 0.717) is 13.2 Å². The van der Waals surface area contributed by atoms with Gasteiger partial charge in [-0.25, -0.2) is 8.42 Å². The summed E-state index contributed by atoms with van der Waals surface area (Å²) < 4.78 is 30.1. The number of rotatable bonds is 7. The average molecular weight is 311 g/mol. The van der Waals surface area contributed by atoms with Crippen LogP contribution >= 0.6 is 0 Å². The van der Waals surface area contributed by atoms with E-state index < -0.39 is 20.5 Å². The highest BCUT2D eigenvalue weighted by Gasteiger charge is 2.69. The number of sulfone groups is 1. The Hall–Kier alpha value is -0.910. The number of hydrogen-bond acceptors (Lipinski definition) is 4. The van der Waals surface area contributed by atoms with E-state index in [4.69, 9.17) is 10.5 Å². The molecule has 1 saturated carbocycles. The molecule has 0 amide bonds. The first-order valence-electron chi connectivity index (χ1n) is 7.46. The quantitative estimate of drug-likeness (QED) is 0.833. The van der Waals surface area contributed by atoms with Gasteiger partial charge >= 0.3 is 0 Å². The second-order valence-electron chi connectivity index (χ2n) is 5.82. The molecular weight excluding hydrogens is 286 g/mol. The van der Waals surface area contributed by atoms with Crippen molar-refractivity contribution in [3.8, 4) is 0 Å². The van der Waals surface area contributed by atoms with Crippen molar-refractivity contribution >= 4 is 9.84 Å². The van der Waals surface area contributed by atoms with Crippen molar-refractivity contribution in [1.82, 2.24) is 0 Å². The predicted molar refractivity (Wildman–Crippen MR) is 85.2 cm³/mol. The van der Waals surface area contributed by atoms with Gasteiger partial charge in [-0.15, -0.1) is 0 Å². The van der Waals surface area contributed by atoms with Crippen molar-refractivity contribution in [3.63, 3.8) is 0 Å². The van der Waals surface area contributed by atoms with E-state index in [1.54, 1.807) is 14.0 Å². The molecule has 0 radical (unpaired) electrons. The SMILES string of the molecule is CCc1ccc([C@@H]2[C@H](S(=O)(=O)CC)[C@@]2(CN)COC)cc1. The highest BCUT2D eigenvalue weighted by atomic mass is 32.2. The lowest BCUT2D eigenvalue weighted by molar-refractivity contribution is 0.142. The van der Waals surface area contributed by atoms with Crippen molar-refractivity contribution < 1.29 is 13.2 Å². The zero-order valence-electron chi connectivity index (χ0n) is 13.0. The molecule has 1 fully saturated rings. The van der Waals surface area contributed by atoms with Gasteiger partial charge in [0.2, 0.25) is 0 Å². The lowest BCUT2D eigenvalue weighted by Gasteiger charge is -2.14. The Balaban J connectivity index is 2.39. The van der Waals surface area contributed by atoms with Gasteiger partial charge in [0.15, 0.2) is 9.84 Å². The second kappa shape index (κ2) is 6.07. The van der Waals surface area contributed by atoms with Gasteiger partial charge in [-0.05, 0) is 17.5 Å². The van der Waals surface area contributed by atoms with Crippen molar-refractivity contribution in [2.24, 2.45) is 11.1 Å². The molecule has 0 heterocycles. The summed E-state index contributed by atoms with van der Waals surface area (Å²) in [5.41, 5.74) is 7.76. The molecule has 5 heteroatoms. The van der Waals surface area contributed by atoms with Crippen LogP contribution in [-0.2, 0) is 21.0 Å². The molecule has 0 aliphatic heterocycles. The number of benzene rings is 1. The van der Waals surface area contributed by atoms with Crippen LogP contribution in [0.4, 0.5) is 0 Å². The average Bonchev–Trinajstić information content (AvgIpc) is 3.18. The third kappa shape index (κ3) is 2.74. The first-order valence-corrected chi connectivity index (χ1v) is 9.17. The molecule has 3 atom stereocenters. The zero-order chi connectivity index (χ0) is 15.7. The maximum atomic E-state index is 12.4. The molecule has 1 aliphatic carbocycles. The van der Waals surface area contributed by atoms with Crippen LogP contribution in [0, 0.1) is 5.41 Å². The van der Waals surface area contributed by atoms with E-state index in [0.717, 1.165) is 12.0 Å². The predicted octanol–water partition coefficient (Wildman–Crippen LogP) is 1.74. The zero-order valence-corrected chi connectivity index (χ0v) is 13.8. The van der Waals surface area contributed by atoms with Gasteiger partial charge < -0.3 is 10.5 Å². The molecule has 4 nitrogen and oxygen atoms in total. The van der Waals surface area contributed by atoms with Gasteiger partial charge in [-0.1, -0.05) is 38.1 Å². The fraction of sp³-hybridized carbons (Fsp3) is 0.625. The van der Waals surface area contributed by atoms with E-state index in [-0.39, 0.29) is 11.7 Å². The van der Waals surface area contributed by atoms with Gasteiger partial charge in [-0.3, -0.25) is 0 Å². The van der Waals surface area contributed by atoms with Gasteiger partial charge in [0.1, 0.15) is 0 Å². The van der Waals surface area contributed by atoms with Crippen LogP contribution in [0.15, 0.2) is 24.3 Å². The topological polar surface area (TPSA) is 69.4 Å². The van der Waals surface area contributed by atoms with E-state index >= 15 is 0 Å². The molecule has 2 rings (SSSR count). The monoisotopic (exact) mass is 311 g/mol. The Morgan fingerprint density at radius 2 is 1.86 bits per heavy atom. The molecule has 0 aromatic heterocycles. The standard InChI is InChI=1S/C16H25NO3S/c1-4-12-6-8-13(9-7-12)14-15(21(18,19)5-2)16(14,10-17)11-20-3/h6-9,14-15H,4-5,10-11,17H2,1-3H3/t14-,15+,16+/m1/s1. The van der Waals surface area contributed by atoms with Gasteiger partial charge in [0, 0.05) is 30.7 Å². The number of methoxy groups -OCH3 is 1. The van der Waals surface area contributed by atoms with Crippen LogP contribution in [0.25, 0.3) is 0 Å². The largest absolute Gasteiger partial charge is 0.384 e. The Labute approximate surface area is 127 Å². The Kier molecular flexibility index (Phi) is 4.76. The normalized spacial score (nSPS) is 28.6. The maximum absolute atomic E-state index is 12.4. The lowest BCUT2D eigenvalue weighted by Crippen LogP contribution is -2.28. The summed E-state index contributed by atoms with van der Waals surface area (Å²) in [6, 6.07) is 8.21. The van der Waals surface area contributed by atoms with Gasteiger partial charge in [0.25, 0.3) is 0 Å². The molecule has 0 bridgehead atoms. The fourth-order valence-electron chi connectivity index (χ4n) is 3.41. The highest BCUT2D eigenvalue weighted by molar-refractivity contribution is 7.92. The minimum Gasteiger partial charge on any atom is -0.384 e. The van der Waals surface area contributed by atoms with Crippen LogP contribution in [0.5, 0.6) is 0 Å². The summed E-state index contributed by atoms with van der Waals surface area (Å²) in [6.07, 6.45) is 0.974. The molecule has 0 spiro atoms. The third-order valence-electron chi connectivity index (χ3n) is 4.71. The summed E-state index contributed by atoms with van der Waals surface area (Å²) in [5, 5.41) is -0.424. The smallest absolute Gasteiger partial charge is 0.154 e. The molecule has 1 aliphatic rings. The van der Waals surface area contributed by atoms with Crippen molar-refractivity contribution in [2.45, 2.75) is 31.4 Å². The van der Waals surface area contributed by atoms with E-state index in [1.165, 1.54) is 5.56 Å². The fourth-order valence-corrected chi connectivity index (χ4v) is 5.56. The van der Waals surface area contributed by atoms with E-state index in [1.807, 2.05) is 12.1 Å². The summed E-state index contributed by atoms with van der Waals surface area (Å²) in [4.78, 5) is 0. The van der Waals surface area contributed by atoms with Crippen LogP contribution in [0.2, 0.25) is 0 Å². The maximum Gasteiger partial charge on any atom is 0.154 e. The molecule has 0 saturated heterocycles. The third-order valence-corrected chi connectivity index (χ3v) is 7.03. The molecule has 0 unspecified atom stereocenters. The van der Waals surface area contributed by atoms with Crippen LogP contribution < -0.4 is 5.73 Å². The van der Waals surface area contributed by atoms with E-state index in [2.05, 4.69) is 19.1 Å². The molecule has 1 aromatic carbocycles. The first-order chi connectivity index (χ1) is 9.96. The summed E-state index contributed by atoms with van der Waals surface area (Å²) in [6.45, 7) is 4.50. The molecular formula is C16H25NO3S. The van der Waals surface area contributed by atoms with Crippen molar-refractivity contribution in [1.29, 1.82) is 0 Å². The molecule has 2 N–H and O–H groups in total. The number of nitrogens with two attached hydrogens (primary N) is 1. The van der Waals surface area contributed by atoms with Crippen molar-refractivity contribution in [3.05, 3.63) is 35.4 Å². The number of hydrogen-bond donors (Lipinski definition) is 1. The summed E-state index contributed by atoms with van der Waals surface area (Å²) >= 11 is 0. The van der Waals surface area contributed by atoms with Crippen LogP contribution in [-0.4, -0.2) is 39.7 Å². The van der Waals surface area contributed by atoms with E-state index in [9.17, 15) is 8.42 Å². The Morgan fingerprint density at radius 1 is 1.24 bits per heavy atom. The van der Waals surface area contributed by atoms with Crippen LogP contribution in [0.3, 0.4) is 0 Å². The summed E-state index contributed by atoms with van der Waals surface area (Å²) in [7, 11) is -1.54. The highest BCUT2D eigenvalue weighted by Crippen LogP contribution is 2.62. The Bertz CT molecular complexity index is 582. The molecule has 118 valence electrons. The summed E-state index contributed by atoms with van der Waals surface area (Å²) in [5.74, 6) is 0.0884. The van der Waals surface area contributed by atoms with Crippen molar-refractivity contribution in [2.75, 3.05) is 26.0 Å². The Morgan fingerprint density at radius 3 is 2.29 bits per heavy atom. The second-order valence-corrected chi connectivity index (χ2v) is 8.23. The van der Waals surface area contributed by atoms with Gasteiger partial charge in [-0.2, -0.15) is 0 Å². The molecule has 1 aromatic rings. The number of aryl methyl sites for hydroxylation is 1. The minimum atomic E-state index is -3.14. The number of ether oxygens (including phenoxy) is 1. The lowest BCUT2D eigenvalue weighted by atomic mass is 9.99. The first kappa shape index (κ1) is 16.5.